The van der Waals surface area contributed by atoms with E-state index in [0.29, 0.717) is 27.6 Å². The molecule has 9 heteroatoms. The van der Waals surface area contributed by atoms with Gasteiger partial charge in [0.2, 0.25) is 0 Å². The van der Waals surface area contributed by atoms with Crippen LogP contribution in [0.15, 0.2) is 30.5 Å². The summed E-state index contributed by atoms with van der Waals surface area (Å²) in [5.74, 6) is -0.756. The van der Waals surface area contributed by atoms with E-state index in [1.165, 1.54) is 29.7 Å². The molecule has 1 saturated carbocycles. The Labute approximate surface area is 182 Å². The van der Waals surface area contributed by atoms with Crippen LogP contribution in [0.5, 0.6) is 5.75 Å². The third-order valence-electron chi connectivity index (χ3n) is 4.75. The van der Waals surface area contributed by atoms with Crippen LogP contribution in [0, 0.1) is 26.6 Å². The number of rotatable bonds is 6. The first-order valence-electron chi connectivity index (χ1n) is 9.79. The summed E-state index contributed by atoms with van der Waals surface area (Å²) in [7, 11) is 0. The highest BCUT2D eigenvalue weighted by molar-refractivity contribution is 7.13. The van der Waals surface area contributed by atoms with Crippen LogP contribution in [-0.2, 0) is 0 Å². The van der Waals surface area contributed by atoms with Crippen molar-refractivity contribution in [1.29, 1.82) is 0 Å². The van der Waals surface area contributed by atoms with Gasteiger partial charge in [0.1, 0.15) is 22.3 Å². The molecule has 2 N–H and O–H groups in total. The maximum Gasteiger partial charge on any atom is 0.267 e. The molecule has 4 rings (SSSR count). The highest BCUT2D eigenvalue weighted by atomic mass is 32.1. The number of aromatic nitrogens is 2. The first-order valence-corrected chi connectivity index (χ1v) is 10.6. The Morgan fingerprint density at radius 2 is 1.90 bits per heavy atom. The number of amides is 2. The molecule has 160 valence electrons. The summed E-state index contributed by atoms with van der Waals surface area (Å²) in [5, 5.41) is 6.09. The molecule has 1 aliphatic rings. The van der Waals surface area contributed by atoms with Crippen LogP contribution in [0.2, 0.25) is 0 Å². The summed E-state index contributed by atoms with van der Waals surface area (Å²) in [4.78, 5) is 33.9. The van der Waals surface area contributed by atoms with Crippen LogP contribution in [0.3, 0.4) is 0 Å². The van der Waals surface area contributed by atoms with E-state index in [2.05, 4.69) is 20.6 Å². The Kier molecular flexibility index (Phi) is 5.69. The quantitative estimate of drug-likeness (QED) is 0.582. The van der Waals surface area contributed by atoms with Crippen LogP contribution in [0.1, 0.15) is 49.1 Å². The van der Waals surface area contributed by atoms with Gasteiger partial charge in [0.25, 0.3) is 11.8 Å². The summed E-state index contributed by atoms with van der Waals surface area (Å²) >= 11 is 1.25. The van der Waals surface area contributed by atoms with Crippen molar-refractivity contribution in [3.05, 3.63) is 63.0 Å². The van der Waals surface area contributed by atoms with Crippen LogP contribution >= 0.6 is 11.3 Å². The van der Waals surface area contributed by atoms with Gasteiger partial charge < -0.3 is 15.4 Å². The number of nitrogens with zero attached hydrogens (tertiary/aromatic N) is 2. The van der Waals surface area contributed by atoms with Crippen LogP contribution < -0.4 is 15.4 Å². The Morgan fingerprint density at radius 1 is 1.13 bits per heavy atom. The molecule has 31 heavy (non-hydrogen) atoms. The molecule has 0 spiro atoms. The predicted octanol–water partition coefficient (Wildman–Crippen LogP) is 4.65. The molecule has 0 atom stereocenters. The highest BCUT2D eigenvalue weighted by Gasteiger charge is 2.24. The van der Waals surface area contributed by atoms with Crippen molar-refractivity contribution in [2.75, 3.05) is 10.6 Å². The van der Waals surface area contributed by atoms with E-state index in [1.807, 2.05) is 0 Å². The summed E-state index contributed by atoms with van der Waals surface area (Å²) in [6, 6.07) is 5.89. The van der Waals surface area contributed by atoms with Crippen molar-refractivity contribution in [2.24, 2.45) is 0 Å². The van der Waals surface area contributed by atoms with E-state index < -0.39 is 11.7 Å². The van der Waals surface area contributed by atoms with Gasteiger partial charge in [-0.15, -0.1) is 11.3 Å². The van der Waals surface area contributed by atoms with Crippen LogP contribution in [-0.4, -0.2) is 27.9 Å². The van der Waals surface area contributed by atoms with Gasteiger partial charge in [-0.3, -0.25) is 9.59 Å². The molecule has 7 nitrogen and oxygen atoms in total. The second kappa shape index (κ2) is 8.43. The zero-order valence-electron chi connectivity index (χ0n) is 17.3. The number of halogens is 1. The lowest BCUT2D eigenvalue weighted by atomic mass is 10.1. The maximum absolute atomic E-state index is 14.5. The lowest BCUT2D eigenvalue weighted by molar-refractivity contribution is 0.101. The monoisotopic (exact) mass is 440 g/mol. The average molecular weight is 441 g/mol. The molecular formula is C22H21FN4O3S. The molecule has 0 aliphatic heterocycles. The number of hydrogen-bond acceptors (Lipinski definition) is 6. The lowest BCUT2D eigenvalue weighted by Crippen LogP contribution is -2.17. The number of carbonyl (C=O) groups excluding carboxylic acids is 2. The molecule has 2 amide bonds. The molecule has 0 radical (unpaired) electrons. The minimum absolute atomic E-state index is 0.195. The molecule has 3 aromatic rings. The van der Waals surface area contributed by atoms with E-state index in [9.17, 15) is 14.0 Å². The summed E-state index contributed by atoms with van der Waals surface area (Å²) in [6.07, 6.45) is 3.79. The number of ether oxygens (including phenoxy) is 1. The van der Waals surface area contributed by atoms with Crippen molar-refractivity contribution >= 4 is 34.7 Å². The number of anilines is 2. The normalized spacial score (nSPS) is 13.0. The third-order valence-corrected chi connectivity index (χ3v) is 5.66. The molecule has 0 bridgehead atoms. The second-order valence-corrected chi connectivity index (χ2v) is 8.63. The smallest absolute Gasteiger partial charge is 0.267 e. The minimum Gasteiger partial charge on any atom is -0.489 e. The van der Waals surface area contributed by atoms with E-state index in [0.717, 1.165) is 17.8 Å². The minimum atomic E-state index is -0.688. The fourth-order valence-corrected chi connectivity index (χ4v) is 3.60. The van der Waals surface area contributed by atoms with Crippen molar-refractivity contribution in [2.45, 2.75) is 39.7 Å². The van der Waals surface area contributed by atoms with E-state index in [4.69, 9.17) is 4.74 Å². The number of thiazole rings is 1. The van der Waals surface area contributed by atoms with Gasteiger partial charge >= 0.3 is 0 Å². The highest BCUT2D eigenvalue weighted by Crippen LogP contribution is 2.29. The number of hydrogen-bond donors (Lipinski definition) is 2. The van der Waals surface area contributed by atoms with Gasteiger partial charge in [-0.25, -0.2) is 14.4 Å². The summed E-state index contributed by atoms with van der Waals surface area (Å²) in [6.45, 7) is 5.24. The zero-order valence-corrected chi connectivity index (χ0v) is 18.1. The van der Waals surface area contributed by atoms with E-state index >= 15 is 0 Å². The third kappa shape index (κ3) is 4.88. The van der Waals surface area contributed by atoms with Gasteiger partial charge in [-0.1, -0.05) is 0 Å². The first-order chi connectivity index (χ1) is 14.8. The number of nitrogens with one attached hydrogen (secondary N) is 2. The van der Waals surface area contributed by atoms with Crippen LogP contribution in [0.4, 0.5) is 15.9 Å². The van der Waals surface area contributed by atoms with Gasteiger partial charge in [-0.05, 0) is 63.4 Å². The zero-order chi connectivity index (χ0) is 22.1. The molecule has 1 fully saturated rings. The fourth-order valence-electron chi connectivity index (χ4n) is 2.92. The SMILES string of the molecule is Cc1ncc(C(=O)Nc2cc(C(=O)Nc3ccc(OC4CC4)c(C)n3)c(F)cc2C)s1. The average Bonchev–Trinajstić information content (AvgIpc) is 3.43. The summed E-state index contributed by atoms with van der Waals surface area (Å²) < 4.78 is 20.3. The molecule has 1 aromatic carbocycles. The van der Waals surface area contributed by atoms with Crippen molar-refractivity contribution < 1.29 is 18.7 Å². The van der Waals surface area contributed by atoms with Crippen molar-refractivity contribution in [1.82, 2.24) is 9.97 Å². The van der Waals surface area contributed by atoms with Crippen molar-refractivity contribution in [3.63, 3.8) is 0 Å². The van der Waals surface area contributed by atoms with E-state index in [1.54, 1.807) is 32.9 Å². The lowest BCUT2D eigenvalue weighted by Gasteiger charge is -2.12. The number of pyridine rings is 1. The second-order valence-electron chi connectivity index (χ2n) is 7.40. The van der Waals surface area contributed by atoms with Crippen LogP contribution in [0.25, 0.3) is 0 Å². The molecule has 0 saturated heterocycles. The Bertz CT molecular complexity index is 1170. The Hall–Kier alpha value is -3.33. The number of aryl methyl sites for hydroxylation is 3. The topological polar surface area (TPSA) is 93.2 Å². The predicted molar refractivity (Wildman–Crippen MR) is 117 cm³/mol. The first kappa shape index (κ1) is 20.9. The van der Waals surface area contributed by atoms with Gasteiger partial charge in [0.15, 0.2) is 0 Å². The van der Waals surface area contributed by atoms with Gasteiger partial charge in [0.05, 0.1) is 28.6 Å². The molecule has 2 aromatic heterocycles. The molecule has 1 aliphatic carbocycles. The standard InChI is InChI=1S/C22H21FN4O3S/c1-11-8-16(23)15(9-17(11)26-22(29)19-10-24-13(3)31-19)21(28)27-20-7-6-18(12(2)25-20)30-14-4-5-14/h6-10,14H,4-5H2,1-3H3,(H,26,29)(H,25,27,28). The Balaban J connectivity index is 1.51. The molecule has 0 unspecified atom stereocenters. The Morgan fingerprint density at radius 3 is 2.55 bits per heavy atom. The fraction of sp³-hybridized carbons (Fsp3) is 0.273. The molecular weight excluding hydrogens is 419 g/mol. The van der Waals surface area contributed by atoms with E-state index in [-0.39, 0.29) is 23.4 Å². The summed E-state index contributed by atoms with van der Waals surface area (Å²) in [5.41, 5.74) is 1.29. The van der Waals surface area contributed by atoms with Gasteiger partial charge in [-0.2, -0.15) is 0 Å². The van der Waals surface area contributed by atoms with Crippen molar-refractivity contribution in [3.8, 4) is 5.75 Å². The number of benzene rings is 1. The number of carbonyl (C=O) groups is 2. The maximum atomic E-state index is 14.5. The van der Waals surface area contributed by atoms with Gasteiger partial charge in [0, 0.05) is 5.69 Å². The molecule has 2 heterocycles. The largest absolute Gasteiger partial charge is 0.489 e.